The van der Waals surface area contributed by atoms with Gasteiger partial charge in [0.15, 0.2) is 15.8 Å². The van der Waals surface area contributed by atoms with Crippen LogP contribution in [0.2, 0.25) is 0 Å². The quantitative estimate of drug-likeness (QED) is 0.470. The van der Waals surface area contributed by atoms with E-state index in [9.17, 15) is 8.42 Å². The van der Waals surface area contributed by atoms with Crippen LogP contribution in [0.5, 0.6) is 0 Å². The van der Waals surface area contributed by atoms with Crippen LogP contribution >= 0.6 is 0 Å². The van der Waals surface area contributed by atoms with Crippen molar-refractivity contribution in [3.05, 3.63) is 35.9 Å². The highest BCUT2D eigenvalue weighted by molar-refractivity contribution is 7.90. The molecule has 0 unspecified atom stereocenters. The van der Waals surface area contributed by atoms with Crippen LogP contribution in [0.4, 0.5) is 0 Å². The Morgan fingerprint density at radius 1 is 1.19 bits per heavy atom. The molecule has 1 aromatic rings. The van der Waals surface area contributed by atoms with Crippen molar-refractivity contribution < 1.29 is 8.42 Å². The molecule has 1 saturated heterocycles. The lowest BCUT2D eigenvalue weighted by atomic mass is 9.86. The number of benzene rings is 1. The minimum Gasteiger partial charge on any atom is -0.356 e. The Balaban J connectivity index is 1.42. The molecule has 144 valence electrons. The van der Waals surface area contributed by atoms with Crippen molar-refractivity contribution in [2.24, 2.45) is 10.4 Å². The highest BCUT2D eigenvalue weighted by Crippen LogP contribution is 2.45. The van der Waals surface area contributed by atoms with Gasteiger partial charge in [0.2, 0.25) is 0 Å². The van der Waals surface area contributed by atoms with Crippen molar-refractivity contribution >= 4 is 15.8 Å². The number of nitrogens with one attached hydrogen (secondary N) is 1. The van der Waals surface area contributed by atoms with Crippen molar-refractivity contribution in [2.75, 3.05) is 32.4 Å². The van der Waals surface area contributed by atoms with Crippen molar-refractivity contribution in [1.82, 2.24) is 10.2 Å². The van der Waals surface area contributed by atoms with Crippen LogP contribution in [0.25, 0.3) is 0 Å². The van der Waals surface area contributed by atoms with Gasteiger partial charge in [0.05, 0.1) is 11.5 Å². The monoisotopic (exact) mass is 377 g/mol. The third-order valence-corrected chi connectivity index (χ3v) is 7.44. The zero-order chi connectivity index (χ0) is 18.5. The third-order valence-electron chi connectivity index (χ3n) is 5.76. The lowest BCUT2D eigenvalue weighted by Crippen LogP contribution is -2.41. The molecule has 26 heavy (non-hydrogen) atoms. The minimum absolute atomic E-state index is 0.122. The molecule has 0 bridgehead atoms. The molecule has 0 aromatic heterocycles. The molecule has 1 aromatic carbocycles. The minimum atomic E-state index is -3.07. The number of likely N-dealkylation sites (tertiary alicyclic amines) is 1. The standard InChI is InChI=1S/C20H31N3O2S/c1-21-19(23-14-12-20(17-23)10-5-6-11-20)22-13-7-15-26(24,25)16-18-8-3-2-4-9-18/h2-4,8-9H,5-7,10-17H2,1H3,(H,21,22). The molecule has 1 heterocycles. The SMILES string of the molecule is CN=C(NCCCS(=O)(=O)Cc1ccccc1)N1CCC2(CCCC2)C1. The van der Waals surface area contributed by atoms with Gasteiger partial charge in [0.25, 0.3) is 0 Å². The van der Waals surface area contributed by atoms with Gasteiger partial charge in [-0.15, -0.1) is 0 Å². The normalized spacial score (nSPS) is 20.0. The van der Waals surface area contributed by atoms with Gasteiger partial charge in [-0.05, 0) is 36.7 Å². The number of rotatable bonds is 6. The van der Waals surface area contributed by atoms with Gasteiger partial charge in [0.1, 0.15) is 0 Å². The second-order valence-electron chi connectivity index (χ2n) is 7.78. The fraction of sp³-hybridized carbons (Fsp3) is 0.650. The first-order valence-corrected chi connectivity index (χ1v) is 11.5. The average molecular weight is 378 g/mol. The van der Waals surface area contributed by atoms with E-state index in [0.29, 0.717) is 18.4 Å². The molecular formula is C20H31N3O2S. The van der Waals surface area contributed by atoms with Crippen LogP contribution in [0.1, 0.15) is 44.1 Å². The average Bonchev–Trinajstić information content (AvgIpc) is 3.26. The number of sulfone groups is 1. The Morgan fingerprint density at radius 2 is 1.92 bits per heavy atom. The summed E-state index contributed by atoms with van der Waals surface area (Å²) in [4.78, 5) is 6.76. The van der Waals surface area contributed by atoms with Gasteiger partial charge >= 0.3 is 0 Å². The first kappa shape index (κ1) is 19.2. The summed E-state index contributed by atoms with van der Waals surface area (Å²) in [6, 6.07) is 9.39. The van der Waals surface area contributed by atoms with E-state index in [1.807, 2.05) is 37.4 Å². The molecule has 1 spiro atoms. The van der Waals surface area contributed by atoms with E-state index in [1.54, 1.807) is 0 Å². The smallest absolute Gasteiger partial charge is 0.193 e. The number of nitrogens with zero attached hydrogens (tertiary/aromatic N) is 2. The molecule has 1 aliphatic carbocycles. The van der Waals surface area contributed by atoms with Crippen molar-refractivity contribution in [3.63, 3.8) is 0 Å². The first-order chi connectivity index (χ1) is 12.5. The molecule has 0 radical (unpaired) electrons. The van der Waals surface area contributed by atoms with Gasteiger partial charge < -0.3 is 10.2 Å². The van der Waals surface area contributed by atoms with Gasteiger partial charge in [-0.1, -0.05) is 43.2 Å². The maximum absolute atomic E-state index is 12.3. The molecule has 1 N–H and O–H groups in total. The van der Waals surface area contributed by atoms with E-state index in [0.717, 1.165) is 24.6 Å². The van der Waals surface area contributed by atoms with Gasteiger partial charge in [-0.25, -0.2) is 8.42 Å². The molecule has 0 amide bonds. The van der Waals surface area contributed by atoms with E-state index in [2.05, 4.69) is 15.2 Å². The molecule has 6 heteroatoms. The second-order valence-corrected chi connectivity index (χ2v) is 9.97. The first-order valence-electron chi connectivity index (χ1n) is 9.72. The van der Waals surface area contributed by atoms with Crippen LogP contribution in [-0.4, -0.2) is 51.7 Å². The molecule has 0 atom stereocenters. The van der Waals surface area contributed by atoms with Crippen molar-refractivity contribution in [3.8, 4) is 0 Å². The largest absolute Gasteiger partial charge is 0.356 e. The van der Waals surface area contributed by atoms with Crippen molar-refractivity contribution in [1.29, 1.82) is 0 Å². The summed E-state index contributed by atoms with van der Waals surface area (Å²) in [5.41, 5.74) is 1.37. The Bertz CT molecular complexity index is 710. The van der Waals surface area contributed by atoms with E-state index in [4.69, 9.17) is 0 Å². The highest BCUT2D eigenvalue weighted by Gasteiger charge is 2.40. The summed E-state index contributed by atoms with van der Waals surface area (Å²) in [6.45, 7) is 2.80. The summed E-state index contributed by atoms with van der Waals surface area (Å²) in [6.07, 6.45) is 7.28. The fourth-order valence-corrected chi connectivity index (χ4v) is 5.80. The molecular weight excluding hydrogens is 346 g/mol. The highest BCUT2D eigenvalue weighted by atomic mass is 32.2. The lowest BCUT2D eigenvalue weighted by Gasteiger charge is -2.25. The van der Waals surface area contributed by atoms with E-state index >= 15 is 0 Å². The molecule has 1 aliphatic heterocycles. The Morgan fingerprint density at radius 3 is 2.62 bits per heavy atom. The van der Waals surface area contributed by atoms with E-state index < -0.39 is 9.84 Å². The topological polar surface area (TPSA) is 61.8 Å². The number of aliphatic imine (C=N–C) groups is 1. The van der Waals surface area contributed by atoms with Gasteiger partial charge in [-0.2, -0.15) is 0 Å². The number of guanidine groups is 1. The summed E-state index contributed by atoms with van der Waals surface area (Å²) in [5.74, 6) is 1.25. The fourth-order valence-electron chi connectivity index (χ4n) is 4.37. The number of hydrogen-bond acceptors (Lipinski definition) is 3. The second kappa shape index (κ2) is 8.42. The van der Waals surface area contributed by atoms with Crippen molar-refractivity contribution in [2.45, 2.75) is 44.3 Å². The van der Waals surface area contributed by atoms with Crippen LogP contribution in [0.15, 0.2) is 35.3 Å². The maximum atomic E-state index is 12.3. The maximum Gasteiger partial charge on any atom is 0.193 e. The van der Waals surface area contributed by atoms with Crippen LogP contribution in [-0.2, 0) is 15.6 Å². The van der Waals surface area contributed by atoms with Gasteiger partial charge in [-0.3, -0.25) is 4.99 Å². The van der Waals surface area contributed by atoms with Crippen LogP contribution in [0, 0.1) is 5.41 Å². The zero-order valence-electron chi connectivity index (χ0n) is 15.8. The van der Waals surface area contributed by atoms with E-state index in [-0.39, 0.29) is 11.5 Å². The summed E-state index contributed by atoms with van der Waals surface area (Å²) >= 11 is 0. The molecule has 1 saturated carbocycles. The van der Waals surface area contributed by atoms with Gasteiger partial charge in [0, 0.05) is 26.7 Å². The predicted molar refractivity (Wildman–Crippen MR) is 107 cm³/mol. The summed E-state index contributed by atoms with van der Waals surface area (Å²) in [7, 11) is -1.26. The summed E-state index contributed by atoms with van der Waals surface area (Å²) in [5, 5.41) is 3.37. The Labute approximate surface area is 157 Å². The van der Waals surface area contributed by atoms with Crippen LogP contribution < -0.4 is 5.32 Å². The molecule has 3 rings (SSSR count). The zero-order valence-corrected chi connectivity index (χ0v) is 16.6. The van der Waals surface area contributed by atoms with E-state index in [1.165, 1.54) is 32.1 Å². The molecule has 2 fully saturated rings. The lowest BCUT2D eigenvalue weighted by molar-refractivity contribution is 0.309. The number of hydrogen-bond donors (Lipinski definition) is 1. The summed E-state index contributed by atoms with van der Waals surface area (Å²) < 4.78 is 24.5. The Hall–Kier alpha value is -1.56. The molecule has 5 nitrogen and oxygen atoms in total. The predicted octanol–water partition coefficient (Wildman–Crippen LogP) is 2.83. The molecule has 2 aliphatic rings. The Kier molecular flexibility index (Phi) is 6.22. The van der Waals surface area contributed by atoms with Crippen LogP contribution in [0.3, 0.4) is 0 Å². The third kappa shape index (κ3) is 5.00.